The molecule has 1 aliphatic rings. The molecule has 0 radical (unpaired) electrons. The average Bonchev–Trinajstić information content (AvgIpc) is 2.27. The Bertz CT molecular complexity index is 490. The molecule has 0 amide bonds. The zero-order chi connectivity index (χ0) is 13.3. The van der Waals surface area contributed by atoms with Crippen LogP contribution >= 0.6 is 0 Å². The van der Waals surface area contributed by atoms with E-state index in [0.29, 0.717) is 11.3 Å². The van der Waals surface area contributed by atoms with Crippen molar-refractivity contribution in [2.45, 2.75) is 32.5 Å². The van der Waals surface area contributed by atoms with Crippen molar-refractivity contribution in [3.63, 3.8) is 0 Å². The van der Waals surface area contributed by atoms with Crippen LogP contribution in [0.3, 0.4) is 0 Å². The van der Waals surface area contributed by atoms with Crippen LogP contribution < -0.4 is 10.6 Å². The number of nitriles is 1. The molecule has 0 aliphatic carbocycles. The third-order valence-electron chi connectivity index (χ3n) is 3.09. The maximum Gasteiger partial charge on any atom is 0.101 e. The number of hydrogen-bond acceptors (Lipinski definition) is 4. The van der Waals surface area contributed by atoms with Gasteiger partial charge in [-0.15, -0.1) is 0 Å². The van der Waals surface area contributed by atoms with Crippen LogP contribution in [0.1, 0.15) is 26.3 Å². The summed E-state index contributed by atoms with van der Waals surface area (Å²) < 4.78 is 5.87. The molecular formula is C14H19N3O. The number of rotatable bonds is 1. The molecule has 0 aromatic heterocycles. The van der Waals surface area contributed by atoms with Crippen molar-refractivity contribution in [1.82, 2.24) is 0 Å². The van der Waals surface area contributed by atoms with Gasteiger partial charge in [0, 0.05) is 24.5 Å². The van der Waals surface area contributed by atoms with E-state index in [1.54, 1.807) is 6.07 Å². The lowest BCUT2D eigenvalue weighted by atomic mass is 10.0. The van der Waals surface area contributed by atoms with Gasteiger partial charge < -0.3 is 15.4 Å². The van der Waals surface area contributed by atoms with Gasteiger partial charge in [-0.1, -0.05) is 0 Å². The fourth-order valence-electron chi connectivity index (χ4n) is 2.49. The summed E-state index contributed by atoms with van der Waals surface area (Å²) in [7, 11) is 0. The fraction of sp³-hybridized carbons (Fsp3) is 0.500. The van der Waals surface area contributed by atoms with Crippen LogP contribution in [0.5, 0.6) is 0 Å². The molecule has 1 unspecified atom stereocenters. The number of nitrogen functional groups attached to an aromatic ring is 1. The molecule has 0 spiro atoms. The zero-order valence-electron chi connectivity index (χ0n) is 11.1. The lowest BCUT2D eigenvalue weighted by molar-refractivity contribution is -0.0749. The van der Waals surface area contributed by atoms with Gasteiger partial charge in [0.15, 0.2) is 0 Å². The van der Waals surface area contributed by atoms with Gasteiger partial charge in [-0.05, 0) is 39.0 Å². The van der Waals surface area contributed by atoms with Crippen molar-refractivity contribution in [3.05, 3.63) is 23.8 Å². The molecule has 1 fully saturated rings. The van der Waals surface area contributed by atoms with Gasteiger partial charge >= 0.3 is 0 Å². The molecule has 1 aromatic rings. The maximum absolute atomic E-state index is 9.02. The number of nitrogens with zero attached hydrogens (tertiary/aromatic N) is 2. The Labute approximate surface area is 108 Å². The van der Waals surface area contributed by atoms with Gasteiger partial charge in [-0.25, -0.2) is 0 Å². The lowest BCUT2D eigenvalue weighted by Gasteiger charge is -2.43. The Balaban J connectivity index is 2.29. The minimum Gasteiger partial charge on any atom is -0.398 e. The van der Waals surface area contributed by atoms with Crippen molar-refractivity contribution >= 4 is 11.4 Å². The highest BCUT2D eigenvalue weighted by molar-refractivity contribution is 5.63. The minimum atomic E-state index is -0.175. The summed E-state index contributed by atoms with van der Waals surface area (Å²) in [5, 5.41) is 9.02. The van der Waals surface area contributed by atoms with Crippen LogP contribution in [0.4, 0.5) is 11.4 Å². The van der Waals surface area contributed by atoms with E-state index in [1.165, 1.54) is 0 Å². The molecule has 18 heavy (non-hydrogen) atoms. The van der Waals surface area contributed by atoms with Crippen molar-refractivity contribution < 1.29 is 4.74 Å². The summed E-state index contributed by atoms with van der Waals surface area (Å²) >= 11 is 0. The summed E-state index contributed by atoms with van der Waals surface area (Å²) in [6.07, 6.45) is 0.178. The summed E-state index contributed by atoms with van der Waals surface area (Å²) in [6.45, 7) is 7.87. The Kier molecular flexibility index (Phi) is 3.18. The van der Waals surface area contributed by atoms with E-state index in [4.69, 9.17) is 15.7 Å². The Morgan fingerprint density at radius 3 is 2.83 bits per heavy atom. The predicted octanol–water partition coefficient (Wildman–Crippen LogP) is 2.14. The largest absolute Gasteiger partial charge is 0.398 e. The molecule has 2 rings (SSSR count). The molecule has 96 valence electrons. The standard InChI is InChI=1S/C14H19N3O/c1-10-8-17(9-14(2,3)18-10)12-4-5-13(16)11(6-12)7-15/h4-6,10H,8-9,16H2,1-3H3. The van der Waals surface area contributed by atoms with E-state index in [-0.39, 0.29) is 11.7 Å². The highest BCUT2D eigenvalue weighted by Crippen LogP contribution is 2.27. The van der Waals surface area contributed by atoms with E-state index < -0.39 is 0 Å². The van der Waals surface area contributed by atoms with Crippen molar-refractivity contribution in [1.29, 1.82) is 5.26 Å². The molecule has 1 aromatic carbocycles. The molecule has 1 atom stereocenters. The second kappa shape index (κ2) is 4.51. The molecule has 1 saturated heterocycles. The Morgan fingerprint density at radius 2 is 2.22 bits per heavy atom. The first kappa shape index (κ1) is 12.7. The van der Waals surface area contributed by atoms with E-state index in [1.807, 2.05) is 12.1 Å². The highest BCUT2D eigenvalue weighted by Gasteiger charge is 2.31. The van der Waals surface area contributed by atoms with Gasteiger partial charge in [0.25, 0.3) is 0 Å². The molecule has 1 heterocycles. The second-order valence-corrected chi connectivity index (χ2v) is 5.45. The normalized spacial score (nSPS) is 22.6. The first-order chi connectivity index (χ1) is 8.41. The number of ether oxygens (including phenoxy) is 1. The van der Waals surface area contributed by atoms with E-state index in [9.17, 15) is 0 Å². The van der Waals surface area contributed by atoms with Gasteiger partial charge in [0.1, 0.15) is 6.07 Å². The highest BCUT2D eigenvalue weighted by atomic mass is 16.5. The first-order valence-corrected chi connectivity index (χ1v) is 6.14. The van der Waals surface area contributed by atoms with Crippen LogP contribution in [0, 0.1) is 11.3 Å². The molecule has 4 heteroatoms. The van der Waals surface area contributed by atoms with Crippen molar-refractivity contribution in [3.8, 4) is 6.07 Å². The van der Waals surface area contributed by atoms with Gasteiger partial charge in [0.05, 0.1) is 17.3 Å². The van der Waals surface area contributed by atoms with Crippen LogP contribution in [-0.4, -0.2) is 24.8 Å². The summed E-state index contributed by atoms with van der Waals surface area (Å²) in [5.41, 5.74) is 7.66. The Hall–Kier alpha value is -1.73. The van der Waals surface area contributed by atoms with Crippen LogP contribution in [0.2, 0.25) is 0 Å². The molecular weight excluding hydrogens is 226 g/mol. The van der Waals surface area contributed by atoms with Crippen LogP contribution in [0.15, 0.2) is 18.2 Å². The van der Waals surface area contributed by atoms with Gasteiger partial charge in [-0.2, -0.15) is 5.26 Å². The number of anilines is 2. The third-order valence-corrected chi connectivity index (χ3v) is 3.09. The maximum atomic E-state index is 9.02. The SMILES string of the molecule is CC1CN(c2ccc(N)c(C#N)c2)CC(C)(C)O1. The molecule has 2 N–H and O–H groups in total. The molecule has 1 aliphatic heterocycles. The minimum absolute atomic E-state index is 0.175. The van der Waals surface area contributed by atoms with Crippen molar-refractivity contribution in [2.24, 2.45) is 0 Å². The topological polar surface area (TPSA) is 62.3 Å². The van der Waals surface area contributed by atoms with Crippen LogP contribution in [0.25, 0.3) is 0 Å². The lowest BCUT2D eigenvalue weighted by Crippen LogP contribution is -2.52. The summed E-state index contributed by atoms with van der Waals surface area (Å²) in [6, 6.07) is 7.73. The number of hydrogen-bond donors (Lipinski definition) is 1. The molecule has 0 saturated carbocycles. The van der Waals surface area contributed by atoms with Crippen molar-refractivity contribution in [2.75, 3.05) is 23.7 Å². The number of morpholine rings is 1. The summed E-state index contributed by atoms with van der Waals surface area (Å²) in [4.78, 5) is 2.24. The second-order valence-electron chi connectivity index (χ2n) is 5.45. The van der Waals surface area contributed by atoms with E-state index >= 15 is 0 Å². The fourth-order valence-corrected chi connectivity index (χ4v) is 2.49. The predicted molar refractivity (Wildman–Crippen MR) is 72.4 cm³/mol. The average molecular weight is 245 g/mol. The molecule has 4 nitrogen and oxygen atoms in total. The smallest absolute Gasteiger partial charge is 0.101 e. The first-order valence-electron chi connectivity index (χ1n) is 6.14. The Morgan fingerprint density at radius 1 is 1.50 bits per heavy atom. The number of nitrogens with two attached hydrogens (primary N) is 1. The van der Waals surface area contributed by atoms with E-state index in [0.717, 1.165) is 18.8 Å². The summed E-state index contributed by atoms with van der Waals surface area (Å²) in [5.74, 6) is 0. The quantitative estimate of drug-likeness (QED) is 0.770. The zero-order valence-corrected chi connectivity index (χ0v) is 11.1. The van der Waals surface area contributed by atoms with Crippen LogP contribution in [-0.2, 0) is 4.74 Å². The number of benzene rings is 1. The monoisotopic (exact) mass is 245 g/mol. The van der Waals surface area contributed by atoms with E-state index in [2.05, 4.69) is 31.7 Å². The van der Waals surface area contributed by atoms with Gasteiger partial charge in [0.2, 0.25) is 0 Å². The van der Waals surface area contributed by atoms with Gasteiger partial charge in [-0.3, -0.25) is 0 Å². The molecule has 0 bridgehead atoms. The third kappa shape index (κ3) is 2.57.